The summed E-state index contributed by atoms with van der Waals surface area (Å²) in [6.45, 7) is 9.36. The van der Waals surface area contributed by atoms with E-state index in [1.807, 2.05) is 43.3 Å². The summed E-state index contributed by atoms with van der Waals surface area (Å²) in [6, 6.07) is 12.4. The summed E-state index contributed by atoms with van der Waals surface area (Å²) in [5.41, 5.74) is 2.44. The number of aliphatic hydroxyl groups excluding tert-OH is 1. The second-order valence-corrected chi connectivity index (χ2v) is 9.80. The number of Topliss-reactive ketones (excluding diaryl/α,β-unsaturated/α-hetero) is 1. The van der Waals surface area contributed by atoms with Gasteiger partial charge in [0.25, 0.3) is 11.7 Å². The van der Waals surface area contributed by atoms with E-state index >= 15 is 0 Å². The fourth-order valence-electron chi connectivity index (χ4n) is 4.86. The van der Waals surface area contributed by atoms with Gasteiger partial charge in [0, 0.05) is 23.0 Å². The quantitative estimate of drug-likeness (QED) is 0.300. The second kappa shape index (κ2) is 10.3. The molecule has 34 heavy (non-hydrogen) atoms. The van der Waals surface area contributed by atoms with E-state index in [2.05, 4.69) is 34.7 Å². The van der Waals surface area contributed by atoms with Crippen molar-refractivity contribution in [2.45, 2.75) is 45.8 Å². The summed E-state index contributed by atoms with van der Waals surface area (Å²) in [6.07, 6.45) is 1.56. The number of ketones is 1. The number of amides is 1. The Kier molecular flexibility index (Phi) is 7.43. The number of likely N-dealkylation sites (tertiary alicyclic amines) is 1. The molecule has 0 saturated carbocycles. The van der Waals surface area contributed by atoms with Gasteiger partial charge in [-0.05, 0) is 74.4 Å². The number of ether oxygens (including phenoxy) is 1. The lowest BCUT2D eigenvalue weighted by atomic mass is 9.94. The number of hydrogen-bond donors (Lipinski definition) is 1. The van der Waals surface area contributed by atoms with Gasteiger partial charge in [0.2, 0.25) is 0 Å². The van der Waals surface area contributed by atoms with Crippen LogP contribution < -0.4 is 4.74 Å². The predicted octanol–water partition coefficient (Wildman–Crippen LogP) is 4.93. The van der Waals surface area contributed by atoms with Gasteiger partial charge in [-0.3, -0.25) is 9.59 Å². The Morgan fingerprint density at radius 1 is 1.18 bits per heavy atom. The van der Waals surface area contributed by atoms with Crippen molar-refractivity contribution in [2.75, 3.05) is 26.2 Å². The standard InChI is InChI=1S/C27H31BrN2O4/c1-4-29(5-2)12-7-13-30-24(18-8-6-9-21(28)16-18)23(26(32)27(30)33)25(31)19-10-11-22-20(15-19)14-17(3)34-22/h6,8-11,15-17,24,31H,4-5,7,12-14H2,1-3H3/t17-,24-/m0/s1. The minimum atomic E-state index is -0.643. The van der Waals surface area contributed by atoms with Gasteiger partial charge in [-0.15, -0.1) is 0 Å². The number of hydrogen-bond acceptors (Lipinski definition) is 5. The van der Waals surface area contributed by atoms with Crippen molar-refractivity contribution in [3.63, 3.8) is 0 Å². The van der Waals surface area contributed by atoms with E-state index in [1.54, 1.807) is 11.0 Å². The summed E-state index contributed by atoms with van der Waals surface area (Å²) in [4.78, 5) is 30.3. The Labute approximate surface area is 209 Å². The van der Waals surface area contributed by atoms with Gasteiger partial charge in [0.1, 0.15) is 17.6 Å². The van der Waals surface area contributed by atoms with E-state index in [0.29, 0.717) is 12.1 Å². The molecule has 2 aromatic carbocycles. The van der Waals surface area contributed by atoms with Gasteiger partial charge in [0.05, 0.1) is 11.6 Å². The third-order valence-corrected chi connectivity index (χ3v) is 7.13. The van der Waals surface area contributed by atoms with Crippen LogP contribution in [0, 0.1) is 0 Å². The molecule has 0 radical (unpaired) electrons. The third-order valence-electron chi connectivity index (χ3n) is 6.64. The maximum atomic E-state index is 13.2. The highest BCUT2D eigenvalue weighted by Gasteiger charge is 2.46. The first kappa shape index (κ1) is 24.5. The van der Waals surface area contributed by atoms with Crippen LogP contribution in [-0.2, 0) is 16.0 Å². The van der Waals surface area contributed by atoms with E-state index in [9.17, 15) is 14.7 Å². The molecule has 4 rings (SSSR count). The summed E-state index contributed by atoms with van der Waals surface area (Å²) in [7, 11) is 0. The minimum Gasteiger partial charge on any atom is -0.507 e. The predicted molar refractivity (Wildman–Crippen MR) is 136 cm³/mol. The average Bonchev–Trinajstić information content (AvgIpc) is 3.32. The van der Waals surface area contributed by atoms with Crippen LogP contribution in [0.3, 0.4) is 0 Å². The van der Waals surface area contributed by atoms with Crippen molar-refractivity contribution < 1.29 is 19.4 Å². The number of rotatable bonds is 8. The molecule has 0 bridgehead atoms. The van der Waals surface area contributed by atoms with Crippen LogP contribution in [-0.4, -0.2) is 58.9 Å². The molecule has 0 spiro atoms. The van der Waals surface area contributed by atoms with E-state index in [4.69, 9.17) is 4.74 Å². The Hall–Kier alpha value is -2.64. The number of carbonyl (C=O) groups is 2. The fraction of sp³-hybridized carbons (Fsp3) is 0.407. The van der Waals surface area contributed by atoms with Crippen LogP contribution >= 0.6 is 15.9 Å². The molecule has 180 valence electrons. The molecule has 2 heterocycles. The lowest BCUT2D eigenvalue weighted by Gasteiger charge is -2.27. The molecule has 2 aliphatic rings. The summed E-state index contributed by atoms with van der Waals surface area (Å²) >= 11 is 3.50. The summed E-state index contributed by atoms with van der Waals surface area (Å²) < 4.78 is 6.62. The topological polar surface area (TPSA) is 70.1 Å². The molecular weight excluding hydrogens is 496 g/mol. The molecule has 1 fully saturated rings. The van der Waals surface area contributed by atoms with Crippen molar-refractivity contribution in [1.82, 2.24) is 9.80 Å². The van der Waals surface area contributed by atoms with Crippen molar-refractivity contribution in [2.24, 2.45) is 0 Å². The third kappa shape index (κ3) is 4.77. The summed E-state index contributed by atoms with van der Waals surface area (Å²) in [5.74, 6) is -0.555. The van der Waals surface area contributed by atoms with Gasteiger partial charge in [-0.25, -0.2) is 0 Å². The van der Waals surface area contributed by atoms with Crippen molar-refractivity contribution in [3.05, 3.63) is 69.2 Å². The number of aliphatic hydroxyl groups is 1. The molecule has 7 heteroatoms. The van der Waals surface area contributed by atoms with Crippen LogP contribution in [0.15, 0.2) is 52.5 Å². The number of halogens is 1. The fourth-order valence-corrected chi connectivity index (χ4v) is 5.28. The zero-order valence-corrected chi connectivity index (χ0v) is 21.5. The maximum Gasteiger partial charge on any atom is 0.295 e. The minimum absolute atomic E-state index is 0.0745. The Morgan fingerprint density at radius 2 is 1.94 bits per heavy atom. The molecule has 2 atom stereocenters. The second-order valence-electron chi connectivity index (χ2n) is 8.88. The monoisotopic (exact) mass is 526 g/mol. The summed E-state index contributed by atoms with van der Waals surface area (Å²) in [5, 5.41) is 11.3. The number of fused-ring (bicyclic) bond motifs is 1. The smallest absolute Gasteiger partial charge is 0.295 e. The van der Waals surface area contributed by atoms with Gasteiger partial charge >= 0.3 is 0 Å². The SMILES string of the molecule is CCN(CC)CCCN1C(=O)C(=O)C(=C(O)c2ccc3c(c2)C[C@H](C)O3)[C@@H]1c1cccc(Br)c1. The first-order valence-corrected chi connectivity index (χ1v) is 12.7. The van der Waals surface area contributed by atoms with E-state index in [0.717, 1.165) is 53.8 Å². The molecule has 2 aromatic rings. The first-order chi connectivity index (χ1) is 16.3. The Bertz CT molecular complexity index is 1130. The molecule has 0 unspecified atom stereocenters. The van der Waals surface area contributed by atoms with E-state index in [-0.39, 0.29) is 17.4 Å². The number of nitrogens with zero attached hydrogens (tertiary/aromatic N) is 2. The highest BCUT2D eigenvalue weighted by Crippen LogP contribution is 2.41. The molecular formula is C27H31BrN2O4. The van der Waals surface area contributed by atoms with Crippen LogP contribution in [0.4, 0.5) is 0 Å². The van der Waals surface area contributed by atoms with Gasteiger partial charge in [0.15, 0.2) is 0 Å². The Morgan fingerprint density at radius 3 is 2.65 bits per heavy atom. The lowest BCUT2D eigenvalue weighted by molar-refractivity contribution is -0.140. The van der Waals surface area contributed by atoms with Crippen molar-refractivity contribution in [1.29, 1.82) is 0 Å². The zero-order chi connectivity index (χ0) is 24.4. The maximum absolute atomic E-state index is 13.2. The number of carbonyl (C=O) groups excluding carboxylic acids is 2. The van der Waals surface area contributed by atoms with Crippen LogP contribution in [0.2, 0.25) is 0 Å². The van der Waals surface area contributed by atoms with E-state index < -0.39 is 17.7 Å². The van der Waals surface area contributed by atoms with Crippen LogP contribution in [0.25, 0.3) is 5.76 Å². The van der Waals surface area contributed by atoms with Gasteiger partial charge < -0.3 is 19.6 Å². The molecule has 1 amide bonds. The van der Waals surface area contributed by atoms with Crippen LogP contribution in [0.1, 0.15) is 49.9 Å². The molecule has 0 aromatic heterocycles. The molecule has 1 N–H and O–H groups in total. The Balaban J connectivity index is 1.73. The molecule has 6 nitrogen and oxygen atoms in total. The van der Waals surface area contributed by atoms with Gasteiger partial charge in [-0.1, -0.05) is 41.9 Å². The lowest BCUT2D eigenvalue weighted by Crippen LogP contribution is -2.33. The molecule has 1 saturated heterocycles. The highest BCUT2D eigenvalue weighted by molar-refractivity contribution is 9.10. The highest BCUT2D eigenvalue weighted by atomic mass is 79.9. The average molecular weight is 527 g/mol. The molecule has 2 aliphatic heterocycles. The zero-order valence-electron chi connectivity index (χ0n) is 19.9. The largest absolute Gasteiger partial charge is 0.507 e. The van der Waals surface area contributed by atoms with E-state index in [1.165, 1.54) is 0 Å². The van der Waals surface area contributed by atoms with Gasteiger partial charge in [-0.2, -0.15) is 0 Å². The number of benzene rings is 2. The normalized spacial score (nSPS) is 21.3. The van der Waals surface area contributed by atoms with Crippen LogP contribution in [0.5, 0.6) is 5.75 Å². The first-order valence-electron chi connectivity index (χ1n) is 11.9. The van der Waals surface area contributed by atoms with Crippen molar-refractivity contribution >= 4 is 33.4 Å². The molecule has 0 aliphatic carbocycles. The van der Waals surface area contributed by atoms with Crippen molar-refractivity contribution in [3.8, 4) is 5.75 Å².